The Morgan fingerprint density at radius 1 is 1.28 bits per heavy atom. The summed E-state index contributed by atoms with van der Waals surface area (Å²) in [5, 5.41) is 24.6. The first-order valence-electron chi connectivity index (χ1n) is 11.5. The molecule has 0 saturated heterocycles. The number of nitrogens with zero attached hydrogens (tertiary/aromatic N) is 4. The predicted molar refractivity (Wildman–Crippen MR) is 141 cm³/mol. The van der Waals surface area contributed by atoms with Crippen molar-refractivity contribution in [1.82, 2.24) is 24.7 Å². The van der Waals surface area contributed by atoms with Gasteiger partial charge in [0.05, 0.1) is 12.2 Å². The van der Waals surface area contributed by atoms with Gasteiger partial charge in [-0.2, -0.15) is 0 Å². The number of nitrogens with one attached hydrogen (secondary N) is 3. The van der Waals surface area contributed by atoms with Crippen molar-refractivity contribution in [1.29, 1.82) is 5.41 Å². The smallest absolute Gasteiger partial charge is 0.350 e. The molecule has 13 nitrogen and oxygen atoms in total. The van der Waals surface area contributed by atoms with Crippen LogP contribution in [-0.2, 0) is 4.79 Å². The number of esters is 1. The summed E-state index contributed by atoms with van der Waals surface area (Å²) in [6.07, 6.45) is 8.63. The number of H-pyrrole nitrogens is 1. The molecular weight excluding hydrogens is 504 g/mol. The number of aromatic amines is 1. The van der Waals surface area contributed by atoms with Gasteiger partial charge in [0, 0.05) is 36.6 Å². The second kappa shape index (κ2) is 11.7. The van der Waals surface area contributed by atoms with E-state index in [9.17, 15) is 14.7 Å². The molecule has 2 aromatic heterocycles. The molecule has 2 aromatic carbocycles. The Kier molecular flexibility index (Phi) is 7.98. The molecule has 0 aliphatic carbocycles. The van der Waals surface area contributed by atoms with E-state index >= 15 is 0 Å². The van der Waals surface area contributed by atoms with E-state index in [2.05, 4.69) is 31.3 Å². The van der Waals surface area contributed by atoms with Crippen molar-refractivity contribution in [3.63, 3.8) is 0 Å². The first-order valence-corrected chi connectivity index (χ1v) is 11.5. The fourth-order valence-electron chi connectivity index (χ4n) is 3.68. The maximum Gasteiger partial charge on any atom is 0.350 e. The highest BCUT2D eigenvalue weighted by molar-refractivity contribution is 5.98. The second-order valence-electron chi connectivity index (χ2n) is 8.08. The number of carbonyl (C=O) groups excluding carboxylic acids is 1. The number of nitrogens with two attached hydrogens (primary N) is 1. The van der Waals surface area contributed by atoms with Crippen molar-refractivity contribution in [2.45, 2.75) is 13.0 Å². The summed E-state index contributed by atoms with van der Waals surface area (Å²) in [5.41, 5.74) is 6.76. The van der Waals surface area contributed by atoms with Gasteiger partial charge in [-0.05, 0) is 42.0 Å². The summed E-state index contributed by atoms with van der Waals surface area (Å²) in [6, 6.07) is 10.5. The number of ether oxygens (including phenoxy) is 2. The number of carbonyl (C=O) groups is 1. The second-order valence-corrected chi connectivity index (χ2v) is 8.08. The maximum absolute atomic E-state index is 12.8. The van der Waals surface area contributed by atoms with Crippen molar-refractivity contribution in [3.8, 4) is 29.8 Å². The number of terminal acetylenes is 1. The van der Waals surface area contributed by atoms with Crippen LogP contribution in [0.25, 0.3) is 5.95 Å². The quantitative estimate of drug-likeness (QED) is 0.0654. The van der Waals surface area contributed by atoms with Crippen LogP contribution in [0, 0.1) is 17.8 Å². The largest absolute Gasteiger partial charge is 0.491 e. The lowest BCUT2D eigenvalue weighted by Gasteiger charge is -2.20. The van der Waals surface area contributed by atoms with Crippen molar-refractivity contribution >= 4 is 17.5 Å². The van der Waals surface area contributed by atoms with E-state index in [0.717, 1.165) is 4.68 Å². The number of aliphatic hydroxyl groups excluding tert-OH is 1. The minimum absolute atomic E-state index is 0.0423. The van der Waals surface area contributed by atoms with Gasteiger partial charge in [0.25, 0.3) is 5.95 Å². The van der Waals surface area contributed by atoms with Crippen LogP contribution in [0.5, 0.6) is 11.5 Å². The average molecular weight is 529 g/mol. The Morgan fingerprint density at radius 3 is 2.72 bits per heavy atom. The van der Waals surface area contributed by atoms with Gasteiger partial charge in [-0.3, -0.25) is 15.2 Å². The van der Waals surface area contributed by atoms with Crippen molar-refractivity contribution in [3.05, 3.63) is 87.9 Å². The lowest BCUT2D eigenvalue weighted by molar-refractivity contribution is -0.131. The van der Waals surface area contributed by atoms with Gasteiger partial charge >= 0.3 is 11.7 Å². The number of nitrogen functional groups attached to an aromatic ring is 1. The van der Waals surface area contributed by atoms with Crippen LogP contribution in [0.1, 0.15) is 35.5 Å². The molecule has 4 aromatic rings. The fraction of sp³-hybridized carbons (Fsp3) is 0.154. The molecule has 0 saturated carbocycles. The van der Waals surface area contributed by atoms with Gasteiger partial charge in [0.1, 0.15) is 30.0 Å². The Bertz CT molecular complexity index is 1610. The van der Waals surface area contributed by atoms with Gasteiger partial charge in [-0.15, -0.1) is 16.2 Å². The average Bonchev–Trinajstić information content (AvgIpc) is 3.31. The monoisotopic (exact) mass is 528 g/mol. The van der Waals surface area contributed by atoms with Crippen LogP contribution < -0.4 is 26.2 Å². The molecule has 0 amide bonds. The van der Waals surface area contributed by atoms with Gasteiger partial charge in [-0.1, -0.05) is 5.92 Å². The first kappa shape index (κ1) is 26.6. The van der Waals surface area contributed by atoms with E-state index in [1.165, 1.54) is 31.5 Å². The van der Waals surface area contributed by atoms with Crippen LogP contribution >= 0.6 is 0 Å². The topological polar surface area (TPSA) is 194 Å². The summed E-state index contributed by atoms with van der Waals surface area (Å²) < 4.78 is 11.9. The zero-order valence-corrected chi connectivity index (χ0v) is 20.7. The van der Waals surface area contributed by atoms with Crippen LogP contribution in [-0.4, -0.2) is 54.9 Å². The zero-order chi connectivity index (χ0) is 27.9. The van der Waals surface area contributed by atoms with E-state index in [4.69, 9.17) is 27.0 Å². The van der Waals surface area contributed by atoms with Crippen LogP contribution in [0.2, 0.25) is 0 Å². The van der Waals surface area contributed by atoms with Gasteiger partial charge in [0.2, 0.25) is 0 Å². The molecule has 0 aliphatic rings. The summed E-state index contributed by atoms with van der Waals surface area (Å²) in [7, 11) is 0. The van der Waals surface area contributed by atoms with Crippen LogP contribution in [0.4, 0.5) is 5.69 Å². The van der Waals surface area contributed by atoms with Gasteiger partial charge in [0.15, 0.2) is 5.82 Å². The molecule has 39 heavy (non-hydrogen) atoms. The third-order valence-electron chi connectivity index (χ3n) is 5.28. The molecule has 198 valence electrons. The Balaban J connectivity index is 1.84. The number of aliphatic hydroxyl groups is 1. The lowest BCUT2D eigenvalue weighted by atomic mass is 10.0. The highest BCUT2D eigenvalue weighted by Crippen LogP contribution is 2.31. The number of hydrogen-bond donors (Lipinski definition) is 5. The standard InChI is InChI=1S/C26H24N8O5/c1-3-16-11-17(13-19(12-16)38-10-9-35)22(24-32-26(37)34(33-24)25-29-7-4-8-30-25)31-18-5-6-20(23(27)28)21(14-18)39-15(2)36/h1,4-8,11-14,22,31,35H,9-10H2,2H3,(H3,27,28)(H,32,33,37). The van der Waals surface area contributed by atoms with Gasteiger partial charge < -0.3 is 25.6 Å². The summed E-state index contributed by atoms with van der Waals surface area (Å²) in [4.78, 5) is 35.4. The molecule has 0 fully saturated rings. The molecule has 0 aliphatic heterocycles. The number of amidine groups is 1. The van der Waals surface area contributed by atoms with Crippen molar-refractivity contribution in [2.24, 2.45) is 5.73 Å². The molecule has 13 heteroatoms. The molecule has 6 N–H and O–H groups in total. The number of hydrogen-bond acceptors (Lipinski definition) is 10. The molecule has 2 heterocycles. The molecule has 1 unspecified atom stereocenters. The molecule has 0 bridgehead atoms. The highest BCUT2D eigenvalue weighted by Gasteiger charge is 2.23. The van der Waals surface area contributed by atoms with E-state index in [1.807, 2.05) is 0 Å². The normalized spacial score (nSPS) is 11.3. The Labute approximate surface area is 222 Å². The number of benzene rings is 2. The Hall–Kier alpha value is -5.48. The van der Waals surface area contributed by atoms with Crippen molar-refractivity contribution < 1.29 is 19.4 Å². The maximum atomic E-state index is 12.8. The summed E-state index contributed by atoms with van der Waals surface area (Å²) in [5.74, 6) is 2.39. The molecule has 0 spiro atoms. The number of aromatic nitrogens is 5. The highest BCUT2D eigenvalue weighted by atomic mass is 16.5. The minimum Gasteiger partial charge on any atom is -0.491 e. The van der Waals surface area contributed by atoms with E-state index in [-0.39, 0.29) is 42.1 Å². The third-order valence-corrected chi connectivity index (χ3v) is 5.28. The summed E-state index contributed by atoms with van der Waals surface area (Å²) >= 11 is 0. The predicted octanol–water partition coefficient (Wildman–Crippen LogP) is 1.11. The SMILES string of the molecule is C#Cc1cc(OCCO)cc(C(Nc2ccc(C(=N)N)c(OC(C)=O)c2)c2nn(-c3ncccn3)c(=O)[nH]2)c1. The van der Waals surface area contributed by atoms with E-state index in [0.29, 0.717) is 22.6 Å². The molecule has 4 rings (SSSR count). The summed E-state index contributed by atoms with van der Waals surface area (Å²) in [6.45, 7) is 1.07. The molecule has 1 atom stereocenters. The minimum atomic E-state index is -0.819. The first-order chi connectivity index (χ1) is 18.8. The van der Waals surface area contributed by atoms with E-state index in [1.54, 1.807) is 30.3 Å². The number of anilines is 1. The molecule has 0 radical (unpaired) electrons. The zero-order valence-electron chi connectivity index (χ0n) is 20.7. The number of rotatable bonds is 10. The van der Waals surface area contributed by atoms with Crippen molar-refractivity contribution in [2.75, 3.05) is 18.5 Å². The van der Waals surface area contributed by atoms with Crippen LogP contribution in [0.3, 0.4) is 0 Å². The third kappa shape index (κ3) is 6.27. The van der Waals surface area contributed by atoms with Crippen LogP contribution in [0.15, 0.2) is 59.7 Å². The molecular formula is C26H24N8O5. The Morgan fingerprint density at radius 2 is 2.05 bits per heavy atom. The lowest BCUT2D eigenvalue weighted by Crippen LogP contribution is -2.18. The fourth-order valence-corrected chi connectivity index (χ4v) is 3.68. The van der Waals surface area contributed by atoms with Gasteiger partial charge in [-0.25, -0.2) is 14.8 Å². The van der Waals surface area contributed by atoms with E-state index < -0.39 is 17.7 Å².